The molecule has 1 aliphatic heterocycles. The fourth-order valence-corrected chi connectivity index (χ4v) is 1.73. The number of nitrogens with zero attached hydrogens (tertiary/aromatic N) is 1. The lowest BCUT2D eigenvalue weighted by Crippen LogP contribution is -2.47. The van der Waals surface area contributed by atoms with Crippen molar-refractivity contribution in [2.24, 2.45) is 0 Å². The standard InChI is InChI=1S/C8H17NO2/c1-9-7(5-10)3-2-4-8(9)6-11/h7-8,10-11H,2-6H2,1H3. The highest BCUT2D eigenvalue weighted by atomic mass is 16.3. The molecule has 0 radical (unpaired) electrons. The molecule has 0 aromatic rings. The zero-order valence-corrected chi connectivity index (χ0v) is 7.03. The third kappa shape index (κ3) is 1.92. The van der Waals surface area contributed by atoms with Crippen molar-refractivity contribution in [3.63, 3.8) is 0 Å². The van der Waals surface area contributed by atoms with Crippen LogP contribution in [0.3, 0.4) is 0 Å². The third-order valence-corrected chi connectivity index (χ3v) is 2.65. The smallest absolute Gasteiger partial charge is 0.0586 e. The summed E-state index contributed by atoms with van der Waals surface area (Å²) in [5, 5.41) is 17.9. The molecule has 0 aliphatic carbocycles. The van der Waals surface area contributed by atoms with E-state index in [2.05, 4.69) is 4.90 Å². The van der Waals surface area contributed by atoms with Gasteiger partial charge in [0.2, 0.25) is 0 Å². The Morgan fingerprint density at radius 1 is 1.18 bits per heavy atom. The minimum absolute atomic E-state index is 0.215. The third-order valence-electron chi connectivity index (χ3n) is 2.65. The summed E-state index contributed by atoms with van der Waals surface area (Å²) in [5.74, 6) is 0. The molecule has 0 amide bonds. The Bertz CT molecular complexity index is 107. The Labute approximate surface area is 67.6 Å². The second kappa shape index (κ2) is 4.04. The van der Waals surface area contributed by atoms with E-state index in [4.69, 9.17) is 10.2 Å². The van der Waals surface area contributed by atoms with Gasteiger partial charge in [-0.3, -0.25) is 4.90 Å². The van der Waals surface area contributed by atoms with E-state index in [0.29, 0.717) is 0 Å². The summed E-state index contributed by atoms with van der Waals surface area (Å²) in [6.07, 6.45) is 3.24. The monoisotopic (exact) mass is 159 g/mol. The first-order valence-electron chi connectivity index (χ1n) is 4.23. The van der Waals surface area contributed by atoms with Crippen LogP contribution in [0.4, 0.5) is 0 Å². The predicted molar refractivity (Wildman–Crippen MR) is 43.4 cm³/mol. The molecule has 1 fully saturated rings. The number of hydrogen-bond donors (Lipinski definition) is 2. The molecular formula is C8H17NO2. The second-order valence-corrected chi connectivity index (χ2v) is 3.27. The first-order valence-corrected chi connectivity index (χ1v) is 4.23. The van der Waals surface area contributed by atoms with Gasteiger partial charge in [-0.05, 0) is 19.9 Å². The number of rotatable bonds is 2. The molecule has 66 valence electrons. The first-order chi connectivity index (χ1) is 5.29. The predicted octanol–water partition coefficient (Wildman–Crippen LogP) is -0.176. The highest BCUT2D eigenvalue weighted by molar-refractivity contribution is 4.80. The molecule has 1 saturated heterocycles. The average molecular weight is 159 g/mol. The van der Waals surface area contributed by atoms with Crippen LogP contribution in [0.1, 0.15) is 19.3 Å². The Balaban J connectivity index is 2.45. The van der Waals surface area contributed by atoms with Crippen molar-refractivity contribution in [3.8, 4) is 0 Å². The van der Waals surface area contributed by atoms with Gasteiger partial charge in [-0.1, -0.05) is 6.42 Å². The molecule has 3 heteroatoms. The molecule has 2 unspecified atom stereocenters. The van der Waals surface area contributed by atoms with Crippen LogP contribution in [0.25, 0.3) is 0 Å². The molecule has 2 atom stereocenters. The lowest BCUT2D eigenvalue weighted by Gasteiger charge is -2.37. The van der Waals surface area contributed by atoms with Crippen molar-refractivity contribution >= 4 is 0 Å². The normalized spacial score (nSPS) is 34.1. The minimum atomic E-state index is 0.215. The average Bonchev–Trinajstić information content (AvgIpc) is 2.05. The van der Waals surface area contributed by atoms with Gasteiger partial charge in [-0.15, -0.1) is 0 Å². The van der Waals surface area contributed by atoms with Crippen molar-refractivity contribution in [1.82, 2.24) is 4.90 Å². The topological polar surface area (TPSA) is 43.7 Å². The van der Waals surface area contributed by atoms with Gasteiger partial charge in [0.25, 0.3) is 0 Å². The Hall–Kier alpha value is -0.120. The van der Waals surface area contributed by atoms with Gasteiger partial charge in [-0.2, -0.15) is 0 Å². The summed E-state index contributed by atoms with van der Waals surface area (Å²) >= 11 is 0. The number of hydrogen-bond acceptors (Lipinski definition) is 3. The molecule has 0 spiro atoms. The fraction of sp³-hybridized carbons (Fsp3) is 1.00. The Morgan fingerprint density at radius 3 is 2.00 bits per heavy atom. The van der Waals surface area contributed by atoms with Gasteiger partial charge < -0.3 is 10.2 Å². The molecule has 1 aliphatic rings. The molecule has 1 rings (SSSR count). The van der Waals surface area contributed by atoms with Crippen LogP contribution in [-0.2, 0) is 0 Å². The molecule has 11 heavy (non-hydrogen) atoms. The van der Waals surface area contributed by atoms with Crippen LogP contribution in [0.2, 0.25) is 0 Å². The van der Waals surface area contributed by atoms with Gasteiger partial charge >= 0.3 is 0 Å². The van der Waals surface area contributed by atoms with Crippen LogP contribution < -0.4 is 0 Å². The number of aliphatic hydroxyl groups is 2. The molecular weight excluding hydrogens is 142 g/mol. The molecule has 1 heterocycles. The van der Waals surface area contributed by atoms with E-state index in [-0.39, 0.29) is 25.3 Å². The fourth-order valence-electron chi connectivity index (χ4n) is 1.73. The maximum Gasteiger partial charge on any atom is 0.0586 e. The maximum atomic E-state index is 8.95. The van der Waals surface area contributed by atoms with E-state index in [0.717, 1.165) is 19.3 Å². The SMILES string of the molecule is CN1C(CO)CCCC1CO. The molecule has 0 aromatic carbocycles. The van der Waals surface area contributed by atoms with E-state index in [9.17, 15) is 0 Å². The number of likely N-dealkylation sites (N-methyl/N-ethyl adjacent to an activating group) is 1. The largest absolute Gasteiger partial charge is 0.395 e. The number of piperidine rings is 1. The van der Waals surface area contributed by atoms with Crippen LogP contribution in [-0.4, -0.2) is 47.5 Å². The van der Waals surface area contributed by atoms with Crippen molar-refractivity contribution in [3.05, 3.63) is 0 Å². The van der Waals surface area contributed by atoms with Crippen LogP contribution >= 0.6 is 0 Å². The first kappa shape index (κ1) is 8.97. The number of aliphatic hydroxyl groups excluding tert-OH is 2. The lowest BCUT2D eigenvalue weighted by molar-refractivity contribution is 0.0389. The van der Waals surface area contributed by atoms with E-state index < -0.39 is 0 Å². The second-order valence-electron chi connectivity index (χ2n) is 3.27. The van der Waals surface area contributed by atoms with Crippen molar-refractivity contribution in [2.45, 2.75) is 31.3 Å². The summed E-state index contributed by atoms with van der Waals surface area (Å²) in [5.41, 5.74) is 0. The molecule has 0 aromatic heterocycles. The van der Waals surface area contributed by atoms with Crippen molar-refractivity contribution in [2.75, 3.05) is 20.3 Å². The summed E-state index contributed by atoms with van der Waals surface area (Å²) < 4.78 is 0. The van der Waals surface area contributed by atoms with Gasteiger partial charge in [0, 0.05) is 12.1 Å². The van der Waals surface area contributed by atoms with Gasteiger partial charge in [0.05, 0.1) is 13.2 Å². The summed E-state index contributed by atoms with van der Waals surface area (Å²) in [6, 6.07) is 0.529. The Kier molecular flexibility index (Phi) is 3.30. The van der Waals surface area contributed by atoms with Crippen LogP contribution in [0, 0.1) is 0 Å². The zero-order valence-electron chi connectivity index (χ0n) is 7.03. The molecule has 2 N–H and O–H groups in total. The number of likely N-dealkylation sites (tertiary alicyclic amines) is 1. The zero-order chi connectivity index (χ0) is 8.27. The van der Waals surface area contributed by atoms with Crippen molar-refractivity contribution in [1.29, 1.82) is 0 Å². The molecule has 0 bridgehead atoms. The van der Waals surface area contributed by atoms with Crippen molar-refractivity contribution < 1.29 is 10.2 Å². The maximum absolute atomic E-state index is 8.95. The summed E-state index contributed by atoms with van der Waals surface area (Å²) in [7, 11) is 1.97. The van der Waals surface area contributed by atoms with Gasteiger partial charge in [0.15, 0.2) is 0 Å². The van der Waals surface area contributed by atoms with E-state index in [1.807, 2.05) is 7.05 Å². The Morgan fingerprint density at radius 2 is 1.64 bits per heavy atom. The van der Waals surface area contributed by atoms with Gasteiger partial charge in [0.1, 0.15) is 0 Å². The highest BCUT2D eigenvalue weighted by Gasteiger charge is 2.25. The minimum Gasteiger partial charge on any atom is -0.395 e. The van der Waals surface area contributed by atoms with Crippen LogP contribution in [0.15, 0.2) is 0 Å². The van der Waals surface area contributed by atoms with E-state index >= 15 is 0 Å². The summed E-state index contributed by atoms with van der Waals surface area (Å²) in [4.78, 5) is 2.09. The van der Waals surface area contributed by atoms with Crippen LogP contribution in [0.5, 0.6) is 0 Å². The van der Waals surface area contributed by atoms with E-state index in [1.54, 1.807) is 0 Å². The molecule has 3 nitrogen and oxygen atoms in total. The van der Waals surface area contributed by atoms with Gasteiger partial charge in [-0.25, -0.2) is 0 Å². The molecule has 0 saturated carbocycles. The summed E-state index contributed by atoms with van der Waals surface area (Å²) in [6.45, 7) is 0.431. The van der Waals surface area contributed by atoms with E-state index in [1.165, 1.54) is 0 Å². The highest BCUT2D eigenvalue weighted by Crippen LogP contribution is 2.20. The quantitative estimate of drug-likeness (QED) is 0.587. The lowest BCUT2D eigenvalue weighted by atomic mass is 9.97.